The molecule has 1 fully saturated rings. The number of amides is 1. The number of rotatable bonds is 7. The minimum absolute atomic E-state index is 0.148. The maximum Gasteiger partial charge on any atom is 0.262 e. The molecule has 0 spiro atoms. The second-order valence-electron chi connectivity index (χ2n) is 8.34. The van der Waals surface area contributed by atoms with E-state index >= 15 is 0 Å². The molecule has 0 saturated carbocycles. The minimum Gasteiger partial charge on any atom is -0.496 e. The summed E-state index contributed by atoms with van der Waals surface area (Å²) in [5.74, 6) is 1.28. The van der Waals surface area contributed by atoms with Crippen molar-refractivity contribution in [1.29, 1.82) is 0 Å². The molecule has 4 aromatic rings. The summed E-state index contributed by atoms with van der Waals surface area (Å²) in [5, 5.41) is 4.32. The second-order valence-corrected chi connectivity index (χ2v) is 9.37. The van der Waals surface area contributed by atoms with Crippen LogP contribution in [0.2, 0.25) is 0 Å². The van der Waals surface area contributed by atoms with E-state index in [0.717, 1.165) is 40.6 Å². The summed E-state index contributed by atoms with van der Waals surface area (Å²) in [6.45, 7) is 2.97. The Hall–Kier alpha value is -3.62. The van der Waals surface area contributed by atoms with Gasteiger partial charge in [-0.15, -0.1) is 11.3 Å². The number of para-hydroxylation sites is 1. The van der Waals surface area contributed by atoms with Crippen LogP contribution >= 0.6 is 11.3 Å². The van der Waals surface area contributed by atoms with Gasteiger partial charge in [0.2, 0.25) is 0 Å². The van der Waals surface area contributed by atoms with Crippen molar-refractivity contribution in [3.05, 3.63) is 89.3 Å². The average molecular weight is 489 g/mol. The SMILES string of the molecule is COc1ccccc1[C@H](NC(=O)c1cc(-c2ccccc2)c(N2CCOCC2)s1)c1nccn1C. The van der Waals surface area contributed by atoms with E-state index in [0.29, 0.717) is 23.8 Å². The summed E-state index contributed by atoms with van der Waals surface area (Å²) in [7, 11) is 3.56. The van der Waals surface area contributed by atoms with Gasteiger partial charge in [-0.05, 0) is 17.7 Å². The Kier molecular flexibility index (Phi) is 6.83. The Balaban J connectivity index is 1.52. The van der Waals surface area contributed by atoms with E-state index in [4.69, 9.17) is 9.47 Å². The molecule has 35 heavy (non-hydrogen) atoms. The zero-order valence-corrected chi connectivity index (χ0v) is 20.6. The Labute approximate surface area is 208 Å². The molecule has 1 atom stereocenters. The van der Waals surface area contributed by atoms with Crippen LogP contribution in [0.15, 0.2) is 73.1 Å². The van der Waals surface area contributed by atoms with Crippen LogP contribution in [0, 0.1) is 0 Å². The first kappa shape index (κ1) is 23.1. The zero-order chi connectivity index (χ0) is 24.2. The van der Waals surface area contributed by atoms with Crippen LogP contribution < -0.4 is 15.0 Å². The fourth-order valence-corrected chi connectivity index (χ4v) is 5.50. The molecule has 1 aliphatic rings. The number of ether oxygens (including phenoxy) is 2. The number of morpholine rings is 1. The van der Waals surface area contributed by atoms with Crippen molar-refractivity contribution in [2.45, 2.75) is 6.04 Å². The van der Waals surface area contributed by atoms with Crippen LogP contribution in [0.25, 0.3) is 11.1 Å². The minimum atomic E-state index is -0.465. The molecular weight excluding hydrogens is 460 g/mol. The number of thiophene rings is 1. The van der Waals surface area contributed by atoms with Crippen LogP contribution in [-0.2, 0) is 11.8 Å². The van der Waals surface area contributed by atoms with Gasteiger partial charge in [0.15, 0.2) is 0 Å². The molecule has 1 saturated heterocycles. The maximum atomic E-state index is 13.7. The van der Waals surface area contributed by atoms with Crippen LogP contribution in [0.5, 0.6) is 5.75 Å². The number of hydrogen-bond acceptors (Lipinski definition) is 6. The van der Waals surface area contributed by atoms with Gasteiger partial charge in [0, 0.05) is 43.7 Å². The Morgan fingerprint density at radius 3 is 2.57 bits per heavy atom. The van der Waals surface area contributed by atoms with Crippen molar-refractivity contribution in [3.63, 3.8) is 0 Å². The molecule has 2 aromatic carbocycles. The molecule has 1 amide bonds. The third-order valence-electron chi connectivity index (χ3n) is 6.16. The standard InChI is InChI=1S/C27H28N4O3S/c1-30-13-12-28-25(30)24(20-10-6-7-11-22(20)33-2)29-26(32)23-18-21(19-8-4-3-5-9-19)27(35-23)31-14-16-34-17-15-31/h3-13,18,24H,14-17H2,1-2H3,(H,29,32)/t24-/m0/s1. The number of nitrogens with zero attached hydrogens (tertiary/aromatic N) is 3. The molecule has 0 bridgehead atoms. The number of methoxy groups -OCH3 is 1. The molecule has 0 radical (unpaired) electrons. The van der Waals surface area contributed by atoms with E-state index in [1.54, 1.807) is 13.3 Å². The van der Waals surface area contributed by atoms with Crippen molar-refractivity contribution in [2.75, 3.05) is 38.3 Å². The van der Waals surface area contributed by atoms with Gasteiger partial charge in [-0.1, -0.05) is 48.5 Å². The fourth-order valence-electron chi connectivity index (χ4n) is 4.36. The highest BCUT2D eigenvalue weighted by Crippen LogP contribution is 2.40. The predicted octanol–water partition coefficient (Wildman–Crippen LogP) is 4.51. The number of hydrogen-bond donors (Lipinski definition) is 1. The van der Waals surface area contributed by atoms with E-state index in [2.05, 4.69) is 27.3 Å². The number of imidazole rings is 1. The first-order valence-corrected chi connectivity index (χ1v) is 12.4. The maximum absolute atomic E-state index is 13.7. The molecule has 3 heterocycles. The van der Waals surface area contributed by atoms with Gasteiger partial charge in [-0.25, -0.2) is 4.98 Å². The smallest absolute Gasteiger partial charge is 0.262 e. The van der Waals surface area contributed by atoms with Crippen molar-refractivity contribution in [1.82, 2.24) is 14.9 Å². The lowest BCUT2D eigenvalue weighted by Crippen LogP contribution is -2.35. The summed E-state index contributed by atoms with van der Waals surface area (Å²) in [6.07, 6.45) is 3.61. The number of aromatic nitrogens is 2. The van der Waals surface area contributed by atoms with Gasteiger partial charge in [0.1, 0.15) is 17.6 Å². The lowest BCUT2D eigenvalue weighted by atomic mass is 10.0. The monoisotopic (exact) mass is 488 g/mol. The van der Waals surface area contributed by atoms with Crippen molar-refractivity contribution in [3.8, 4) is 16.9 Å². The van der Waals surface area contributed by atoms with E-state index in [9.17, 15) is 4.79 Å². The van der Waals surface area contributed by atoms with Crippen molar-refractivity contribution < 1.29 is 14.3 Å². The average Bonchev–Trinajstić information content (AvgIpc) is 3.55. The zero-order valence-electron chi connectivity index (χ0n) is 19.8. The number of benzene rings is 2. The summed E-state index contributed by atoms with van der Waals surface area (Å²) in [6, 6.07) is 19.5. The summed E-state index contributed by atoms with van der Waals surface area (Å²) in [5.41, 5.74) is 3.01. The Morgan fingerprint density at radius 2 is 1.86 bits per heavy atom. The molecule has 0 aliphatic carbocycles. The van der Waals surface area contributed by atoms with Crippen LogP contribution in [0.1, 0.15) is 27.1 Å². The van der Waals surface area contributed by atoms with Crippen LogP contribution in [0.4, 0.5) is 5.00 Å². The molecule has 2 aromatic heterocycles. The molecule has 1 aliphatic heterocycles. The normalized spacial score (nSPS) is 14.5. The molecule has 1 N–H and O–H groups in total. The Bertz CT molecular complexity index is 1290. The van der Waals surface area contributed by atoms with Crippen LogP contribution in [-0.4, -0.2) is 48.9 Å². The lowest BCUT2D eigenvalue weighted by molar-refractivity contribution is 0.0945. The van der Waals surface area contributed by atoms with Gasteiger partial charge in [-0.2, -0.15) is 0 Å². The summed E-state index contributed by atoms with van der Waals surface area (Å²) in [4.78, 5) is 21.2. The highest BCUT2D eigenvalue weighted by atomic mass is 32.1. The quantitative estimate of drug-likeness (QED) is 0.415. The third-order valence-corrected chi connectivity index (χ3v) is 7.36. The number of carbonyl (C=O) groups is 1. The van der Waals surface area contributed by atoms with Gasteiger partial charge < -0.3 is 24.3 Å². The molecule has 8 heteroatoms. The predicted molar refractivity (Wildman–Crippen MR) is 138 cm³/mol. The van der Waals surface area contributed by atoms with Gasteiger partial charge >= 0.3 is 0 Å². The topological polar surface area (TPSA) is 68.6 Å². The first-order valence-electron chi connectivity index (χ1n) is 11.6. The van der Waals surface area contributed by atoms with Crippen LogP contribution in [0.3, 0.4) is 0 Å². The molecule has 5 rings (SSSR count). The van der Waals surface area contributed by atoms with E-state index < -0.39 is 6.04 Å². The second kappa shape index (κ2) is 10.3. The largest absolute Gasteiger partial charge is 0.496 e. The summed E-state index contributed by atoms with van der Waals surface area (Å²) < 4.78 is 13.1. The highest BCUT2D eigenvalue weighted by molar-refractivity contribution is 7.18. The lowest BCUT2D eigenvalue weighted by Gasteiger charge is -2.28. The van der Waals surface area contributed by atoms with E-state index in [1.165, 1.54) is 11.3 Å². The number of nitrogens with one attached hydrogen (secondary N) is 1. The molecular formula is C27H28N4O3S. The fraction of sp³-hybridized carbons (Fsp3) is 0.259. The van der Waals surface area contributed by atoms with Gasteiger partial charge in [0.25, 0.3) is 5.91 Å². The van der Waals surface area contributed by atoms with Gasteiger partial charge in [-0.3, -0.25) is 4.79 Å². The first-order chi connectivity index (χ1) is 17.2. The van der Waals surface area contributed by atoms with E-state index in [-0.39, 0.29) is 5.91 Å². The van der Waals surface area contributed by atoms with E-state index in [1.807, 2.05) is 66.3 Å². The molecule has 180 valence electrons. The third kappa shape index (κ3) is 4.80. The van der Waals surface area contributed by atoms with Gasteiger partial charge in [0.05, 0.1) is 30.2 Å². The highest BCUT2D eigenvalue weighted by Gasteiger charge is 2.27. The molecule has 0 unspecified atom stereocenters. The number of carbonyl (C=O) groups excluding carboxylic acids is 1. The Morgan fingerprint density at radius 1 is 1.11 bits per heavy atom. The van der Waals surface area contributed by atoms with Crippen molar-refractivity contribution in [2.24, 2.45) is 7.05 Å². The number of aryl methyl sites for hydroxylation is 1. The van der Waals surface area contributed by atoms with Crippen molar-refractivity contribution >= 4 is 22.2 Å². The summed E-state index contributed by atoms with van der Waals surface area (Å²) >= 11 is 1.52. The number of anilines is 1. The molecule has 7 nitrogen and oxygen atoms in total.